The van der Waals surface area contributed by atoms with Crippen LogP contribution in [-0.2, 0) is 16.1 Å². The molecule has 0 aliphatic rings. The fourth-order valence-electron chi connectivity index (χ4n) is 1.36. The first-order valence-corrected chi connectivity index (χ1v) is 6.52. The van der Waals surface area contributed by atoms with Gasteiger partial charge >= 0.3 is 0 Å². The van der Waals surface area contributed by atoms with E-state index < -0.39 is 11.3 Å². The molecule has 2 N–H and O–H groups in total. The molecule has 2 aromatic rings. The monoisotopic (exact) mass is 275 g/mol. The first kappa shape index (κ1) is 13.5. The van der Waals surface area contributed by atoms with Crippen LogP contribution in [0.2, 0.25) is 0 Å². The summed E-state index contributed by atoms with van der Waals surface area (Å²) in [5.74, 6) is -0.548. The number of aromatic nitrogens is 2. The number of rotatable bonds is 6. The van der Waals surface area contributed by atoms with E-state index >= 15 is 0 Å². The van der Waals surface area contributed by atoms with E-state index in [1.807, 2.05) is 30.3 Å². The normalized spacial score (nSPS) is 12.0. The van der Waals surface area contributed by atoms with Gasteiger partial charge in [-0.1, -0.05) is 30.3 Å². The molecule has 2 rings (SSSR count). The summed E-state index contributed by atoms with van der Waals surface area (Å²) < 4.78 is 5.50. The summed E-state index contributed by atoms with van der Waals surface area (Å²) in [6.45, 7) is 0.314. The van der Waals surface area contributed by atoms with Crippen molar-refractivity contribution in [1.82, 2.24) is 9.97 Å². The minimum Gasteiger partial charge on any atom is -0.367 e. The van der Waals surface area contributed by atoms with Gasteiger partial charge in [0.25, 0.3) is 5.91 Å². The predicted molar refractivity (Wildman–Crippen MR) is 72.1 cm³/mol. The maximum atomic E-state index is 11.3. The number of thioether (sulfide) groups is 1. The third kappa shape index (κ3) is 4.35. The van der Waals surface area contributed by atoms with Gasteiger partial charge in [0.2, 0.25) is 0 Å². The van der Waals surface area contributed by atoms with Crippen molar-refractivity contribution >= 4 is 17.7 Å². The van der Waals surface area contributed by atoms with Crippen molar-refractivity contribution in [2.45, 2.75) is 17.2 Å². The molecule has 0 radical (unpaired) electrons. The molecule has 0 aliphatic heterocycles. The second-order valence-corrected chi connectivity index (χ2v) is 4.71. The quantitative estimate of drug-likeness (QED) is 0.492. The summed E-state index contributed by atoms with van der Waals surface area (Å²) >= 11 is 1.10. The lowest BCUT2D eigenvalue weighted by Gasteiger charge is -2.13. The molecule has 1 aromatic heterocycles. The molecule has 0 spiro atoms. The van der Waals surface area contributed by atoms with E-state index in [4.69, 9.17) is 10.5 Å². The molecule has 0 aliphatic carbocycles. The molecule has 0 saturated carbocycles. The number of primary amides is 1. The van der Waals surface area contributed by atoms with Gasteiger partial charge in [0, 0.05) is 12.4 Å². The molecule has 0 fully saturated rings. The number of carbonyl (C=O) groups excluding carboxylic acids is 1. The second kappa shape index (κ2) is 6.86. The zero-order valence-corrected chi connectivity index (χ0v) is 10.9. The van der Waals surface area contributed by atoms with Crippen molar-refractivity contribution in [3.05, 3.63) is 54.4 Å². The minimum absolute atomic E-state index is 0.314. The van der Waals surface area contributed by atoms with Crippen LogP contribution in [0, 0.1) is 0 Å². The van der Waals surface area contributed by atoms with Crippen LogP contribution in [0.5, 0.6) is 0 Å². The summed E-state index contributed by atoms with van der Waals surface area (Å²) in [5, 5.41) is 0.458. The van der Waals surface area contributed by atoms with Crippen molar-refractivity contribution in [2.24, 2.45) is 5.73 Å². The lowest BCUT2D eigenvalue weighted by molar-refractivity contribution is -0.124. The van der Waals surface area contributed by atoms with E-state index in [2.05, 4.69) is 9.97 Å². The Morgan fingerprint density at radius 2 is 1.89 bits per heavy atom. The summed E-state index contributed by atoms with van der Waals surface area (Å²) in [6, 6.07) is 11.3. The Morgan fingerprint density at radius 3 is 2.53 bits per heavy atom. The molecule has 0 saturated heterocycles. The van der Waals surface area contributed by atoms with E-state index in [1.165, 1.54) is 0 Å². The van der Waals surface area contributed by atoms with Crippen molar-refractivity contribution in [3.8, 4) is 0 Å². The Morgan fingerprint density at radius 1 is 1.21 bits per heavy atom. The summed E-state index contributed by atoms with van der Waals surface area (Å²) in [4.78, 5) is 19.4. The number of benzene rings is 1. The standard InChI is InChI=1S/C13H13N3O2S/c14-11(17)12(19-13-15-7-4-8-16-13)18-9-10-5-2-1-3-6-10/h1-8,12H,9H2,(H2,14,17). The van der Waals surface area contributed by atoms with Gasteiger partial charge in [-0.15, -0.1) is 0 Å². The lowest BCUT2D eigenvalue weighted by Crippen LogP contribution is -2.28. The number of nitrogens with zero attached hydrogens (tertiary/aromatic N) is 2. The van der Waals surface area contributed by atoms with E-state index in [-0.39, 0.29) is 0 Å². The molecule has 1 aromatic carbocycles. The van der Waals surface area contributed by atoms with Crippen molar-refractivity contribution in [1.29, 1.82) is 0 Å². The Labute approximate surface area is 115 Å². The molecular weight excluding hydrogens is 262 g/mol. The van der Waals surface area contributed by atoms with Gasteiger partial charge in [-0.3, -0.25) is 4.79 Å². The smallest absolute Gasteiger partial charge is 0.257 e. The Kier molecular flexibility index (Phi) is 4.88. The highest BCUT2D eigenvalue weighted by Gasteiger charge is 2.18. The highest BCUT2D eigenvalue weighted by Crippen LogP contribution is 2.20. The van der Waals surface area contributed by atoms with Gasteiger partial charge in [0.15, 0.2) is 10.6 Å². The van der Waals surface area contributed by atoms with Crippen LogP contribution >= 0.6 is 11.8 Å². The van der Waals surface area contributed by atoms with E-state index in [9.17, 15) is 4.79 Å². The molecule has 1 heterocycles. The number of amides is 1. The molecule has 1 amide bonds. The van der Waals surface area contributed by atoms with Crippen LogP contribution in [-0.4, -0.2) is 21.3 Å². The van der Waals surface area contributed by atoms with Crippen LogP contribution < -0.4 is 5.73 Å². The second-order valence-electron chi connectivity index (χ2n) is 3.68. The number of carbonyl (C=O) groups is 1. The average molecular weight is 275 g/mol. The number of nitrogens with two attached hydrogens (primary N) is 1. The SMILES string of the molecule is NC(=O)C(OCc1ccccc1)Sc1ncccn1. The maximum Gasteiger partial charge on any atom is 0.257 e. The van der Waals surface area contributed by atoms with Crippen molar-refractivity contribution in [2.75, 3.05) is 0 Å². The zero-order valence-electron chi connectivity index (χ0n) is 10.1. The molecule has 0 bridgehead atoms. The molecule has 6 heteroatoms. The molecule has 1 unspecified atom stereocenters. The zero-order chi connectivity index (χ0) is 13.5. The molecular formula is C13H13N3O2S. The largest absolute Gasteiger partial charge is 0.367 e. The lowest BCUT2D eigenvalue weighted by atomic mass is 10.2. The topological polar surface area (TPSA) is 78.1 Å². The van der Waals surface area contributed by atoms with Crippen molar-refractivity contribution in [3.63, 3.8) is 0 Å². The van der Waals surface area contributed by atoms with Gasteiger partial charge in [-0.05, 0) is 23.4 Å². The summed E-state index contributed by atoms with van der Waals surface area (Å²) in [5.41, 5.74) is 5.48. The van der Waals surface area contributed by atoms with E-state index in [1.54, 1.807) is 18.5 Å². The Balaban J connectivity index is 1.95. The molecule has 5 nitrogen and oxygen atoms in total. The van der Waals surface area contributed by atoms with E-state index in [0.29, 0.717) is 11.8 Å². The Hall–Kier alpha value is -1.92. The number of ether oxygens (including phenoxy) is 1. The Bertz CT molecular complexity index is 522. The summed E-state index contributed by atoms with van der Waals surface area (Å²) in [6.07, 6.45) is 3.20. The first-order valence-electron chi connectivity index (χ1n) is 5.64. The van der Waals surface area contributed by atoms with Crippen LogP contribution in [0.4, 0.5) is 0 Å². The molecule has 98 valence electrons. The third-order valence-corrected chi connectivity index (χ3v) is 3.24. The van der Waals surface area contributed by atoms with Gasteiger partial charge < -0.3 is 10.5 Å². The van der Waals surface area contributed by atoms with Gasteiger partial charge in [-0.2, -0.15) is 0 Å². The van der Waals surface area contributed by atoms with Gasteiger partial charge in [-0.25, -0.2) is 9.97 Å². The molecule has 19 heavy (non-hydrogen) atoms. The van der Waals surface area contributed by atoms with E-state index in [0.717, 1.165) is 17.3 Å². The number of hydrogen-bond acceptors (Lipinski definition) is 5. The van der Waals surface area contributed by atoms with Crippen LogP contribution in [0.3, 0.4) is 0 Å². The third-order valence-electron chi connectivity index (χ3n) is 2.23. The molecule has 1 atom stereocenters. The average Bonchev–Trinajstić information content (AvgIpc) is 2.45. The van der Waals surface area contributed by atoms with Crippen molar-refractivity contribution < 1.29 is 9.53 Å². The highest BCUT2D eigenvalue weighted by molar-refractivity contribution is 8.00. The number of hydrogen-bond donors (Lipinski definition) is 1. The first-order chi connectivity index (χ1) is 9.25. The summed E-state index contributed by atoms with van der Waals surface area (Å²) in [7, 11) is 0. The van der Waals surface area contributed by atoms with Crippen LogP contribution in [0.25, 0.3) is 0 Å². The van der Waals surface area contributed by atoms with Crippen LogP contribution in [0.15, 0.2) is 53.9 Å². The predicted octanol–water partition coefficient (Wildman–Crippen LogP) is 1.60. The highest BCUT2D eigenvalue weighted by atomic mass is 32.2. The fraction of sp³-hybridized carbons (Fsp3) is 0.154. The maximum absolute atomic E-state index is 11.3. The van der Waals surface area contributed by atoms with Crippen LogP contribution in [0.1, 0.15) is 5.56 Å². The van der Waals surface area contributed by atoms with Gasteiger partial charge in [0.05, 0.1) is 6.61 Å². The minimum atomic E-state index is -0.803. The fourth-order valence-corrected chi connectivity index (χ4v) is 2.05. The van der Waals surface area contributed by atoms with Gasteiger partial charge in [0.1, 0.15) is 0 Å².